The summed E-state index contributed by atoms with van der Waals surface area (Å²) in [6.07, 6.45) is 1.73. The summed E-state index contributed by atoms with van der Waals surface area (Å²) in [5, 5.41) is 0. The maximum atomic E-state index is 11.6. The highest BCUT2D eigenvalue weighted by Gasteiger charge is 2.11. The molecule has 4 nitrogen and oxygen atoms in total. The molecule has 1 rings (SSSR count). The molecule has 15 heavy (non-hydrogen) atoms. The molecule has 0 N–H and O–H groups in total. The first-order valence-corrected chi connectivity index (χ1v) is 4.94. The van der Waals surface area contributed by atoms with Crippen LogP contribution in [0, 0.1) is 0 Å². The van der Waals surface area contributed by atoms with E-state index in [0.29, 0.717) is 13.1 Å². The summed E-state index contributed by atoms with van der Waals surface area (Å²) >= 11 is 0. The smallest absolute Gasteiger partial charge is 0.248 e. The molecule has 0 saturated heterocycles. The van der Waals surface area contributed by atoms with E-state index in [4.69, 9.17) is 4.74 Å². The molecule has 0 aromatic carbocycles. The number of amides is 1. The summed E-state index contributed by atoms with van der Waals surface area (Å²) in [4.78, 5) is 17.4. The van der Waals surface area contributed by atoms with Crippen LogP contribution in [0.15, 0.2) is 24.4 Å². The van der Waals surface area contributed by atoms with Gasteiger partial charge in [0.15, 0.2) is 0 Å². The molecule has 0 aliphatic heterocycles. The Bertz CT molecular complexity index is 301. The van der Waals surface area contributed by atoms with Crippen molar-refractivity contribution in [2.45, 2.75) is 13.5 Å². The van der Waals surface area contributed by atoms with E-state index in [1.54, 1.807) is 11.1 Å². The molecule has 82 valence electrons. The van der Waals surface area contributed by atoms with Gasteiger partial charge < -0.3 is 9.64 Å². The van der Waals surface area contributed by atoms with Gasteiger partial charge in [0, 0.05) is 19.9 Å². The van der Waals surface area contributed by atoms with E-state index in [1.165, 1.54) is 7.11 Å². The zero-order valence-corrected chi connectivity index (χ0v) is 9.14. The van der Waals surface area contributed by atoms with Crippen molar-refractivity contribution >= 4 is 5.91 Å². The molecule has 0 aliphatic rings. The predicted molar refractivity (Wildman–Crippen MR) is 57.2 cm³/mol. The minimum absolute atomic E-state index is 0.00865. The second kappa shape index (κ2) is 6.14. The van der Waals surface area contributed by atoms with Gasteiger partial charge in [0.1, 0.15) is 6.61 Å². The molecule has 4 heteroatoms. The van der Waals surface area contributed by atoms with Crippen molar-refractivity contribution in [1.82, 2.24) is 9.88 Å². The van der Waals surface area contributed by atoms with Crippen molar-refractivity contribution in [1.29, 1.82) is 0 Å². The molecule has 0 aliphatic carbocycles. The highest BCUT2D eigenvalue weighted by molar-refractivity contribution is 5.77. The van der Waals surface area contributed by atoms with E-state index in [2.05, 4.69) is 4.98 Å². The van der Waals surface area contributed by atoms with Gasteiger partial charge in [-0.3, -0.25) is 9.78 Å². The average molecular weight is 208 g/mol. The normalized spacial score (nSPS) is 10.0. The van der Waals surface area contributed by atoms with Crippen molar-refractivity contribution in [3.8, 4) is 0 Å². The van der Waals surface area contributed by atoms with E-state index in [1.807, 2.05) is 25.1 Å². The first-order chi connectivity index (χ1) is 7.27. The van der Waals surface area contributed by atoms with Crippen LogP contribution in [0.1, 0.15) is 12.6 Å². The maximum Gasteiger partial charge on any atom is 0.248 e. The number of methoxy groups -OCH3 is 1. The molecule has 1 aromatic rings. The molecule has 1 amide bonds. The molecule has 0 saturated carbocycles. The number of carbonyl (C=O) groups excluding carboxylic acids is 1. The van der Waals surface area contributed by atoms with E-state index in [9.17, 15) is 4.79 Å². The van der Waals surface area contributed by atoms with Crippen molar-refractivity contribution < 1.29 is 9.53 Å². The molecule has 1 heterocycles. The van der Waals surface area contributed by atoms with E-state index < -0.39 is 0 Å². The van der Waals surface area contributed by atoms with Gasteiger partial charge in [-0.15, -0.1) is 0 Å². The van der Waals surface area contributed by atoms with Crippen LogP contribution < -0.4 is 0 Å². The largest absolute Gasteiger partial charge is 0.375 e. The second-order valence-electron chi connectivity index (χ2n) is 3.16. The highest BCUT2D eigenvalue weighted by Crippen LogP contribution is 2.01. The Hall–Kier alpha value is -1.42. The lowest BCUT2D eigenvalue weighted by molar-refractivity contribution is -0.135. The topological polar surface area (TPSA) is 42.4 Å². The number of aromatic nitrogens is 1. The standard InChI is InChI=1S/C11H16N2O2/c1-3-13(11(14)9-15-2)8-10-6-4-5-7-12-10/h4-7H,3,8-9H2,1-2H3. The quantitative estimate of drug-likeness (QED) is 0.727. The van der Waals surface area contributed by atoms with Crippen LogP contribution in [-0.4, -0.2) is 36.1 Å². The molecule has 0 bridgehead atoms. The van der Waals surface area contributed by atoms with Crippen molar-refractivity contribution in [2.24, 2.45) is 0 Å². The van der Waals surface area contributed by atoms with E-state index in [0.717, 1.165) is 5.69 Å². The Morgan fingerprint density at radius 1 is 1.53 bits per heavy atom. The molecular formula is C11H16N2O2. The van der Waals surface area contributed by atoms with Gasteiger partial charge in [-0.05, 0) is 19.1 Å². The van der Waals surface area contributed by atoms with Gasteiger partial charge in [0.25, 0.3) is 0 Å². The third kappa shape index (κ3) is 3.67. The van der Waals surface area contributed by atoms with Gasteiger partial charge in [-0.2, -0.15) is 0 Å². The summed E-state index contributed by atoms with van der Waals surface area (Å²) in [6, 6.07) is 5.68. The van der Waals surface area contributed by atoms with Crippen LogP contribution in [0.4, 0.5) is 0 Å². The van der Waals surface area contributed by atoms with Crippen LogP contribution in [0.3, 0.4) is 0 Å². The number of rotatable bonds is 5. The first-order valence-electron chi connectivity index (χ1n) is 4.94. The van der Waals surface area contributed by atoms with Gasteiger partial charge in [-0.25, -0.2) is 0 Å². The number of pyridine rings is 1. The maximum absolute atomic E-state index is 11.6. The van der Waals surface area contributed by atoms with Crippen LogP contribution in [-0.2, 0) is 16.1 Å². The monoisotopic (exact) mass is 208 g/mol. The fourth-order valence-electron chi connectivity index (χ4n) is 1.28. The summed E-state index contributed by atoms with van der Waals surface area (Å²) in [5.74, 6) is -0.00865. The number of hydrogen-bond acceptors (Lipinski definition) is 3. The third-order valence-corrected chi connectivity index (χ3v) is 2.08. The predicted octanol–water partition coefficient (Wildman–Crippen LogP) is 1.08. The number of likely N-dealkylation sites (N-methyl/N-ethyl adjacent to an activating group) is 1. The van der Waals surface area contributed by atoms with Crippen LogP contribution in [0.2, 0.25) is 0 Å². The fourth-order valence-corrected chi connectivity index (χ4v) is 1.28. The lowest BCUT2D eigenvalue weighted by atomic mass is 10.3. The first kappa shape index (κ1) is 11.7. The van der Waals surface area contributed by atoms with Gasteiger partial charge >= 0.3 is 0 Å². The van der Waals surface area contributed by atoms with Crippen LogP contribution in [0.25, 0.3) is 0 Å². The zero-order chi connectivity index (χ0) is 11.1. The van der Waals surface area contributed by atoms with Gasteiger partial charge in [-0.1, -0.05) is 6.07 Å². The highest BCUT2D eigenvalue weighted by atomic mass is 16.5. The van der Waals surface area contributed by atoms with E-state index >= 15 is 0 Å². The summed E-state index contributed by atoms with van der Waals surface area (Å²) in [7, 11) is 1.52. The average Bonchev–Trinajstić information content (AvgIpc) is 2.27. The number of nitrogens with zero attached hydrogens (tertiary/aromatic N) is 2. The summed E-state index contributed by atoms with van der Waals surface area (Å²) in [6.45, 7) is 3.27. The Morgan fingerprint density at radius 2 is 2.33 bits per heavy atom. The van der Waals surface area contributed by atoms with Gasteiger partial charge in [0.2, 0.25) is 5.91 Å². The molecule has 0 unspecified atom stereocenters. The van der Waals surface area contributed by atoms with Crippen LogP contribution >= 0.6 is 0 Å². The molecule has 0 atom stereocenters. The van der Waals surface area contributed by atoms with Crippen LogP contribution in [0.5, 0.6) is 0 Å². The zero-order valence-electron chi connectivity index (χ0n) is 9.14. The number of hydrogen-bond donors (Lipinski definition) is 0. The van der Waals surface area contributed by atoms with Crippen molar-refractivity contribution in [2.75, 3.05) is 20.3 Å². The number of carbonyl (C=O) groups is 1. The Kier molecular flexibility index (Phi) is 4.77. The third-order valence-electron chi connectivity index (χ3n) is 2.08. The molecule has 1 aromatic heterocycles. The summed E-state index contributed by atoms with van der Waals surface area (Å²) < 4.78 is 4.81. The van der Waals surface area contributed by atoms with E-state index in [-0.39, 0.29) is 12.5 Å². The lowest BCUT2D eigenvalue weighted by Gasteiger charge is -2.19. The summed E-state index contributed by atoms with van der Waals surface area (Å²) in [5.41, 5.74) is 0.892. The van der Waals surface area contributed by atoms with Gasteiger partial charge in [0.05, 0.1) is 12.2 Å². The Balaban J connectivity index is 2.58. The van der Waals surface area contributed by atoms with Crippen molar-refractivity contribution in [3.05, 3.63) is 30.1 Å². The molecule has 0 fully saturated rings. The molecule has 0 radical (unpaired) electrons. The minimum atomic E-state index is -0.00865. The Morgan fingerprint density at radius 3 is 2.87 bits per heavy atom. The molecular weight excluding hydrogens is 192 g/mol. The molecule has 0 spiro atoms. The second-order valence-corrected chi connectivity index (χ2v) is 3.16. The fraction of sp³-hybridized carbons (Fsp3) is 0.455. The SMILES string of the molecule is CCN(Cc1ccccn1)C(=O)COC. The van der Waals surface area contributed by atoms with Crippen molar-refractivity contribution in [3.63, 3.8) is 0 Å². The lowest BCUT2D eigenvalue weighted by Crippen LogP contribution is -2.33. The minimum Gasteiger partial charge on any atom is -0.375 e. The number of ether oxygens (including phenoxy) is 1. The Labute approximate surface area is 89.9 Å².